The average Bonchev–Trinajstić information content (AvgIpc) is 3.11. The molecule has 1 aliphatic rings. The Bertz CT molecular complexity index is 933. The lowest BCUT2D eigenvalue weighted by Gasteiger charge is -2.26. The van der Waals surface area contributed by atoms with Crippen LogP contribution in [0.25, 0.3) is 10.9 Å². The fraction of sp³-hybridized carbons (Fsp3) is 0.278. The summed E-state index contributed by atoms with van der Waals surface area (Å²) in [4.78, 5) is 18.7. The van der Waals surface area contributed by atoms with E-state index in [1.807, 2.05) is 24.3 Å². The zero-order valence-corrected chi connectivity index (χ0v) is 14.4. The maximum absolute atomic E-state index is 12.6. The monoisotopic (exact) mass is 353 g/mol. The molecule has 0 bridgehead atoms. The summed E-state index contributed by atoms with van der Waals surface area (Å²) in [5.41, 5.74) is 1.92. The second-order valence-electron chi connectivity index (χ2n) is 5.90. The van der Waals surface area contributed by atoms with Crippen molar-refractivity contribution in [3.8, 4) is 5.88 Å². The second kappa shape index (κ2) is 7.01. The summed E-state index contributed by atoms with van der Waals surface area (Å²) < 4.78 is 10.7. The number of para-hydroxylation sites is 1. The van der Waals surface area contributed by atoms with Crippen LogP contribution in [0.5, 0.6) is 5.88 Å². The number of anilines is 2. The molecule has 8 heteroatoms. The third kappa shape index (κ3) is 3.06. The van der Waals surface area contributed by atoms with Crippen LogP contribution >= 0.6 is 0 Å². The number of pyridine rings is 1. The third-order valence-corrected chi connectivity index (χ3v) is 4.29. The zero-order chi connectivity index (χ0) is 17.9. The van der Waals surface area contributed by atoms with E-state index in [0.29, 0.717) is 49.4 Å². The minimum absolute atomic E-state index is 0.122. The van der Waals surface area contributed by atoms with E-state index in [1.165, 1.54) is 7.11 Å². The van der Waals surface area contributed by atoms with Gasteiger partial charge in [-0.2, -0.15) is 5.10 Å². The number of H-pyrrole nitrogens is 1. The van der Waals surface area contributed by atoms with Crippen molar-refractivity contribution in [1.29, 1.82) is 0 Å². The molecular formula is C18H19N5O3. The van der Waals surface area contributed by atoms with Crippen molar-refractivity contribution in [2.75, 3.05) is 38.7 Å². The molecule has 26 heavy (non-hydrogen) atoms. The molecule has 2 N–H and O–H groups in total. The van der Waals surface area contributed by atoms with Crippen LogP contribution in [-0.4, -0.2) is 59.4 Å². The van der Waals surface area contributed by atoms with E-state index < -0.39 is 0 Å². The lowest BCUT2D eigenvalue weighted by atomic mass is 10.2. The van der Waals surface area contributed by atoms with Crippen molar-refractivity contribution in [3.05, 3.63) is 42.1 Å². The Morgan fingerprint density at radius 3 is 2.85 bits per heavy atom. The van der Waals surface area contributed by atoms with Gasteiger partial charge in [0.25, 0.3) is 5.91 Å². The van der Waals surface area contributed by atoms with Gasteiger partial charge in [0.15, 0.2) is 5.82 Å². The van der Waals surface area contributed by atoms with Gasteiger partial charge in [0.2, 0.25) is 5.88 Å². The zero-order valence-electron chi connectivity index (χ0n) is 14.4. The minimum atomic E-state index is -0.122. The van der Waals surface area contributed by atoms with Gasteiger partial charge in [-0.05, 0) is 24.3 Å². The Morgan fingerprint density at radius 1 is 1.23 bits per heavy atom. The van der Waals surface area contributed by atoms with Gasteiger partial charge >= 0.3 is 0 Å². The number of rotatable bonds is 4. The number of morpholine rings is 1. The molecule has 0 radical (unpaired) electrons. The number of benzene rings is 1. The summed E-state index contributed by atoms with van der Waals surface area (Å²) in [5.74, 6) is 0.896. The molecule has 0 saturated carbocycles. The van der Waals surface area contributed by atoms with Gasteiger partial charge in [-0.1, -0.05) is 12.1 Å². The fourth-order valence-corrected chi connectivity index (χ4v) is 2.93. The summed E-state index contributed by atoms with van der Waals surface area (Å²) in [7, 11) is 1.53. The number of carbonyl (C=O) groups excluding carboxylic acids is 1. The molecule has 0 spiro atoms. The van der Waals surface area contributed by atoms with Crippen LogP contribution in [0.15, 0.2) is 36.4 Å². The molecule has 1 fully saturated rings. The van der Waals surface area contributed by atoms with E-state index in [-0.39, 0.29) is 5.91 Å². The van der Waals surface area contributed by atoms with E-state index in [4.69, 9.17) is 9.47 Å². The predicted molar refractivity (Wildman–Crippen MR) is 96.9 cm³/mol. The second-order valence-corrected chi connectivity index (χ2v) is 5.90. The highest BCUT2D eigenvalue weighted by Gasteiger charge is 2.21. The van der Waals surface area contributed by atoms with Crippen molar-refractivity contribution in [2.24, 2.45) is 0 Å². The average molecular weight is 353 g/mol. The molecule has 8 nitrogen and oxygen atoms in total. The molecule has 134 valence electrons. The fourth-order valence-electron chi connectivity index (χ4n) is 2.93. The molecule has 2 aromatic heterocycles. The minimum Gasteiger partial charge on any atom is -0.479 e. The smallest absolute Gasteiger partial charge is 0.272 e. The Labute approximate surface area is 150 Å². The van der Waals surface area contributed by atoms with Crippen LogP contribution in [0.2, 0.25) is 0 Å². The summed E-state index contributed by atoms with van der Waals surface area (Å²) in [5, 5.41) is 11.4. The van der Waals surface area contributed by atoms with E-state index in [0.717, 1.165) is 10.9 Å². The number of amides is 1. The number of nitrogens with one attached hydrogen (secondary N) is 2. The number of aromatic amines is 1. The molecule has 1 aliphatic heterocycles. The number of aromatic nitrogens is 3. The first-order chi connectivity index (χ1) is 12.8. The van der Waals surface area contributed by atoms with Gasteiger partial charge in [0.1, 0.15) is 11.4 Å². The lowest BCUT2D eigenvalue weighted by Crippen LogP contribution is -2.41. The molecule has 0 unspecified atom stereocenters. The SMILES string of the molecule is COc1nc(C(=O)N2CCOCC2)ccc1Nc1n[nH]c2ccccc12. The van der Waals surface area contributed by atoms with Crippen LogP contribution in [0, 0.1) is 0 Å². The molecule has 3 aromatic rings. The molecule has 0 atom stereocenters. The summed E-state index contributed by atoms with van der Waals surface area (Å²) in [6.45, 7) is 2.24. The molecule has 4 rings (SSSR count). The number of hydrogen-bond acceptors (Lipinski definition) is 6. The Hall–Kier alpha value is -3.13. The van der Waals surface area contributed by atoms with E-state index >= 15 is 0 Å². The standard InChI is InChI=1S/C18H19N5O3/c1-25-17-14(19-16-12-4-2-3-5-13(12)21-22-16)6-7-15(20-17)18(24)23-8-10-26-11-9-23/h2-7H,8-11H2,1H3,(H2,19,21,22). The Kier molecular flexibility index (Phi) is 4.40. The van der Waals surface area contributed by atoms with Crippen LogP contribution < -0.4 is 10.1 Å². The molecule has 3 heterocycles. The van der Waals surface area contributed by atoms with Crippen LogP contribution in [0.4, 0.5) is 11.5 Å². The number of ether oxygens (including phenoxy) is 2. The van der Waals surface area contributed by atoms with Crippen molar-refractivity contribution in [3.63, 3.8) is 0 Å². The first-order valence-electron chi connectivity index (χ1n) is 8.38. The number of carbonyl (C=O) groups is 1. The molecular weight excluding hydrogens is 334 g/mol. The maximum atomic E-state index is 12.6. The lowest BCUT2D eigenvalue weighted by molar-refractivity contribution is 0.0298. The largest absolute Gasteiger partial charge is 0.479 e. The predicted octanol–water partition coefficient (Wildman–Crippen LogP) is 2.18. The Morgan fingerprint density at radius 2 is 2.04 bits per heavy atom. The summed E-state index contributed by atoms with van der Waals surface area (Å²) in [6.07, 6.45) is 0. The van der Waals surface area contributed by atoms with Gasteiger partial charge in [0, 0.05) is 18.5 Å². The number of fused-ring (bicyclic) bond motifs is 1. The molecule has 0 aliphatic carbocycles. The molecule has 1 amide bonds. The van der Waals surface area contributed by atoms with Crippen molar-refractivity contribution >= 4 is 28.3 Å². The van der Waals surface area contributed by atoms with Crippen molar-refractivity contribution in [1.82, 2.24) is 20.1 Å². The highest BCUT2D eigenvalue weighted by Crippen LogP contribution is 2.29. The molecule has 1 aromatic carbocycles. The number of methoxy groups -OCH3 is 1. The van der Waals surface area contributed by atoms with Gasteiger partial charge in [0.05, 0.1) is 25.8 Å². The highest BCUT2D eigenvalue weighted by molar-refractivity contribution is 5.94. The molecule has 1 saturated heterocycles. The Balaban J connectivity index is 1.60. The van der Waals surface area contributed by atoms with Gasteiger partial charge in [-0.3, -0.25) is 9.89 Å². The number of hydrogen-bond donors (Lipinski definition) is 2. The number of nitrogens with zero attached hydrogens (tertiary/aromatic N) is 3. The van der Waals surface area contributed by atoms with Crippen molar-refractivity contribution < 1.29 is 14.3 Å². The van der Waals surface area contributed by atoms with E-state index in [2.05, 4.69) is 20.5 Å². The van der Waals surface area contributed by atoms with Crippen LogP contribution in [-0.2, 0) is 4.74 Å². The third-order valence-electron chi connectivity index (χ3n) is 4.29. The highest BCUT2D eigenvalue weighted by atomic mass is 16.5. The first kappa shape index (κ1) is 16.3. The first-order valence-corrected chi connectivity index (χ1v) is 8.38. The normalized spacial score (nSPS) is 14.4. The van der Waals surface area contributed by atoms with Crippen LogP contribution in [0.1, 0.15) is 10.5 Å². The maximum Gasteiger partial charge on any atom is 0.272 e. The van der Waals surface area contributed by atoms with E-state index in [9.17, 15) is 4.79 Å². The van der Waals surface area contributed by atoms with Gasteiger partial charge in [-0.25, -0.2) is 4.98 Å². The topological polar surface area (TPSA) is 92.4 Å². The van der Waals surface area contributed by atoms with Crippen molar-refractivity contribution in [2.45, 2.75) is 0 Å². The quantitative estimate of drug-likeness (QED) is 0.747. The van der Waals surface area contributed by atoms with Crippen LogP contribution in [0.3, 0.4) is 0 Å². The summed E-state index contributed by atoms with van der Waals surface area (Å²) >= 11 is 0. The van der Waals surface area contributed by atoms with Gasteiger partial charge in [-0.15, -0.1) is 0 Å². The summed E-state index contributed by atoms with van der Waals surface area (Å²) in [6, 6.07) is 11.3. The van der Waals surface area contributed by atoms with E-state index in [1.54, 1.807) is 17.0 Å². The van der Waals surface area contributed by atoms with Gasteiger partial charge < -0.3 is 19.7 Å².